The summed E-state index contributed by atoms with van der Waals surface area (Å²) in [6, 6.07) is 1.72. The number of hydrogen-bond donors (Lipinski definition) is 0. The number of aromatic nitrogens is 3. The van der Waals surface area contributed by atoms with Crippen molar-refractivity contribution in [3.8, 4) is 0 Å². The highest BCUT2D eigenvalue weighted by Gasteiger charge is 2.01. The molecule has 4 heteroatoms. The van der Waals surface area contributed by atoms with Crippen LogP contribution in [0.15, 0.2) is 41.1 Å². The van der Waals surface area contributed by atoms with Gasteiger partial charge < -0.3 is 4.57 Å². The molecule has 0 unspecified atom stereocenters. The van der Waals surface area contributed by atoms with Gasteiger partial charge in [-0.3, -0.25) is 4.79 Å². The van der Waals surface area contributed by atoms with E-state index < -0.39 is 0 Å². The Kier molecular flexibility index (Phi) is 2.41. The highest BCUT2D eigenvalue weighted by atomic mass is 16.1. The molecule has 0 atom stereocenters. The van der Waals surface area contributed by atoms with Gasteiger partial charge in [-0.1, -0.05) is 11.6 Å². The molecule has 78 valence electrons. The van der Waals surface area contributed by atoms with E-state index in [-0.39, 0.29) is 5.56 Å². The van der Waals surface area contributed by atoms with E-state index in [2.05, 4.69) is 5.10 Å². The van der Waals surface area contributed by atoms with E-state index in [1.54, 1.807) is 33.7 Å². The minimum absolute atomic E-state index is 0.00694. The summed E-state index contributed by atoms with van der Waals surface area (Å²) in [5.74, 6) is 0. The van der Waals surface area contributed by atoms with Crippen LogP contribution in [-0.4, -0.2) is 14.2 Å². The molecule has 0 N–H and O–H groups in total. The van der Waals surface area contributed by atoms with Crippen molar-refractivity contribution in [2.45, 2.75) is 20.4 Å². The molecular weight excluding hydrogens is 190 g/mol. The SMILES string of the molecule is CC(C)=CCn1ccn2nccc2c1=O. The van der Waals surface area contributed by atoms with Crippen molar-refractivity contribution in [3.63, 3.8) is 0 Å². The van der Waals surface area contributed by atoms with E-state index in [0.717, 1.165) is 0 Å². The normalized spacial score (nSPS) is 10.5. The fourth-order valence-electron chi connectivity index (χ4n) is 1.39. The Bertz CT molecular complexity index is 558. The molecule has 0 spiro atoms. The summed E-state index contributed by atoms with van der Waals surface area (Å²) in [6.45, 7) is 4.65. The van der Waals surface area contributed by atoms with Gasteiger partial charge in [-0.15, -0.1) is 0 Å². The van der Waals surface area contributed by atoms with Gasteiger partial charge in [0.2, 0.25) is 0 Å². The van der Waals surface area contributed by atoms with Gasteiger partial charge in [-0.2, -0.15) is 5.10 Å². The molecule has 2 aromatic rings. The predicted molar refractivity (Wildman–Crippen MR) is 58.9 cm³/mol. The van der Waals surface area contributed by atoms with Gasteiger partial charge in [0.05, 0.1) is 6.20 Å². The van der Waals surface area contributed by atoms with Gasteiger partial charge in [-0.25, -0.2) is 4.52 Å². The smallest absolute Gasteiger partial charge is 0.276 e. The second kappa shape index (κ2) is 3.73. The number of fused-ring (bicyclic) bond motifs is 1. The summed E-state index contributed by atoms with van der Waals surface area (Å²) in [7, 11) is 0. The molecule has 2 aromatic heterocycles. The molecule has 0 fully saturated rings. The summed E-state index contributed by atoms with van der Waals surface area (Å²) in [4.78, 5) is 11.9. The average Bonchev–Trinajstić information content (AvgIpc) is 2.65. The highest BCUT2D eigenvalue weighted by molar-refractivity contribution is 5.42. The first-order valence-electron chi connectivity index (χ1n) is 4.84. The zero-order valence-electron chi connectivity index (χ0n) is 8.84. The Morgan fingerprint density at radius 3 is 3.00 bits per heavy atom. The topological polar surface area (TPSA) is 39.3 Å². The fourth-order valence-corrected chi connectivity index (χ4v) is 1.39. The monoisotopic (exact) mass is 203 g/mol. The maximum atomic E-state index is 11.9. The van der Waals surface area contributed by atoms with Crippen molar-refractivity contribution in [2.75, 3.05) is 0 Å². The first-order chi connectivity index (χ1) is 7.18. The molecule has 4 nitrogen and oxygen atoms in total. The van der Waals surface area contributed by atoms with E-state index in [4.69, 9.17) is 0 Å². The van der Waals surface area contributed by atoms with Gasteiger partial charge >= 0.3 is 0 Å². The van der Waals surface area contributed by atoms with E-state index in [1.165, 1.54) is 5.57 Å². The van der Waals surface area contributed by atoms with Crippen molar-refractivity contribution in [2.24, 2.45) is 0 Å². The molecule has 0 aliphatic carbocycles. The van der Waals surface area contributed by atoms with Crippen LogP contribution in [0.2, 0.25) is 0 Å². The molecule has 0 aliphatic heterocycles. The largest absolute Gasteiger partial charge is 0.308 e. The third-order valence-electron chi connectivity index (χ3n) is 2.23. The molecule has 0 saturated heterocycles. The second-order valence-corrected chi connectivity index (χ2v) is 3.70. The molecule has 0 saturated carbocycles. The lowest BCUT2D eigenvalue weighted by Crippen LogP contribution is -2.20. The van der Waals surface area contributed by atoms with Crippen LogP contribution in [-0.2, 0) is 6.54 Å². The molecule has 0 radical (unpaired) electrons. The molecule has 0 aromatic carbocycles. The third-order valence-corrected chi connectivity index (χ3v) is 2.23. The van der Waals surface area contributed by atoms with E-state index in [9.17, 15) is 4.79 Å². The lowest BCUT2D eigenvalue weighted by Gasteiger charge is -2.02. The average molecular weight is 203 g/mol. The lowest BCUT2D eigenvalue weighted by molar-refractivity contribution is 0.755. The Morgan fingerprint density at radius 2 is 2.27 bits per heavy atom. The quantitative estimate of drug-likeness (QED) is 0.693. The van der Waals surface area contributed by atoms with Gasteiger partial charge in [0.15, 0.2) is 0 Å². The van der Waals surface area contributed by atoms with Gasteiger partial charge in [-0.05, 0) is 19.9 Å². The van der Waals surface area contributed by atoms with E-state index in [1.807, 2.05) is 19.9 Å². The lowest BCUT2D eigenvalue weighted by atomic mass is 10.3. The Balaban J connectivity index is 2.49. The highest BCUT2D eigenvalue weighted by Crippen LogP contribution is 1.96. The molecule has 0 amide bonds. The molecule has 0 bridgehead atoms. The molecule has 2 heterocycles. The molecule has 0 aliphatic rings. The van der Waals surface area contributed by atoms with Gasteiger partial charge in [0.1, 0.15) is 5.52 Å². The van der Waals surface area contributed by atoms with Crippen LogP contribution < -0.4 is 5.56 Å². The zero-order valence-corrected chi connectivity index (χ0v) is 8.84. The zero-order chi connectivity index (χ0) is 10.8. The summed E-state index contributed by atoms with van der Waals surface area (Å²) in [5.41, 5.74) is 1.81. The third kappa shape index (κ3) is 1.83. The van der Waals surface area contributed by atoms with Crippen LogP contribution in [0.3, 0.4) is 0 Å². The first-order valence-corrected chi connectivity index (χ1v) is 4.84. The van der Waals surface area contributed by atoms with Gasteiger partial charge in [0, 0.05) is 18.9 Å². The summed E-state index contributed by atoms with van der Waals surface area (Å²) in [5, 5.41) is 4.00. The van der Waals surface area contributed by atoms with Crippen LogP contribution in [0, 0.1) is 0 Å². The van der Waals surface area contributed by atoms with Crippen LogP contribution in [0.25, 0.3) is 5.52 Å². The number of nitrogens with zero attached hydrogens (tertiary/aromatic N) is 3. The van der Waals surface area contributed by atoms with E-state index >= 15 is 0 Å². The minimum Gasteiger partial charge on any atom is -0.308 e. The molecule has 2 rings (SSSR count). The Morgan fingerprint density at radius 1 is 1.47 bits per heavy atom. The van der Waals surface area contributed by atoms with Crippen molar-refractivity contribution in [1.82, 2.24) is 14.2 Å². The fraction of sp³-hybridized carbons (Fsp3) is 0.273. The summed E-state index contributed by atoms with van der Waals surface area (Å²) in [6.07, 6.45) is 7.19. The van der Waals surface area contributed by atoms with Crippen LogP contribution in [0.1, 0.15) is 13.8 Å². The number of allylic oxidation sites excluding steroid dienone is 2. The predicted octanol–water partition coefficient (Wildman–Crippen LogP) is 1.46. The standard InChI is InChI=1S/C11H13N3O/c1-9(2)4-6-13-7-8-14-10(11(13)15)3-5-12-14/h3-5,7-8H,6H2,1-2H3. The van der Waals surface area contributed by atoms with Crippen molar-refractivity contribution in [3.05, 3.63) is 46.7 Å². The second-order valence-electron chi connectivity index (χ2n) is 3.70. The van der Waals surface area contributed by atoms with Crippen molar-refractivity contribution < 1.29 is 0 Å². The summed E-state index contributed by atoms with van der Waals surface area (Å²) < 4.78 is 3.26. The van der Waals surface area contributed by atoms with Crippen molar-refractivity contribution >= 4 is 5.52 Å². The first kappa shape index (κ1) is 9.71. The van der Waals surface area contributed by atoms with Crippen LogP contribution in [0.4, 0.5) is 0 Å². The Labute approximate surface area is 87.5 Å². The van der Waals surface area contributed by atoms with Gasteiger partial charge in [0.25, 0.3) is 5.56 Å². The Hall–Kier alpha value is -1.84. The maximum Gasteiger partial charge on any atom is 0.276 e. The van der Waals surface area contributed by atoms with Crippen LogP contribution in [0.5, 0.6) is 0 Å². The van der Waals surface area contributed by atoms with E-state index in [0.29, 0.717) is 12.1 Å². The van der Waals surface area contributed by atoms with Crippen molar-refractivity contribution in [1.29, 1.82) is 0 Å². The number of rotatable bonds is 2. The maximum absolute atomic E-state index is 11.9. The minimum atomic E-state index is -0.00694. The molecule has 15 heavy (non-hydrogen) atoms. The van der Waals surface area contributed by atoms with Crippen LogP contribution >= 0.6 is 0 Å². The summed E-state index contributed by atoms with van der Waals surface area (Å²) >= 11 is 0. The number of hydrogen-bond acceptors (Lipinski definition) is 2. The molecular formula is C11H13N3O.